The molecule has 7 nitrogen and oxygen atoms in total. The van der Waals surface area contributed by atoms with Crippen LogP contribution in [0.3, 0.4) is 0 Å². The number of nitrogens with zero attached hydrogens (tertiary/aromatic N) is 2. The first kappa shape index (κ1) is 22.6. The highest BCUT2D eigenvalue weighted by Gasteiger charge is 2.34. The maximum atomic E-state index is 13.7. The summed E-state index contributed by atoms with van der Waals surface area (Å²) in [5, 5.41) is 0.565. The highest BCUT2D eigenvalue weighted by atomic mass is 32.2. The lowest BCUT2D eigenvalue weighted by Gasteiger charge is -2.31. The normalized spacial score (nSPS) is 12.5. The van der Waals surface area contributed by atoms with Crippen LogP contribution in [0.4, 0.5) is 5.69 Å². The molecule has 1 heterocycles. The molecule has 8 heteroatoms. The molecular formula is C23H26N2O5S. The van der Waals surface area contributed by atoms with Gasteiger partial charge in [0.2, 0.25) is 10.0 Å². The van der Waals surface area contributed by atoms with Crippen LogP contribution in [-0.2, 0) is 14.8 Å². The topological polar surface area (TPSA) is 85.7 Å². The van der Waals surface area contributed by atoms with Crippen molar-refractivity contribution in [2.24, 2.45) is 0 Å². The summed E-state index contributed by atoms with van der Waals surface area (Å²) in [4.78, 5) is 25.9. The van der Waals surface area contributed by atoms with Gasteiger partial charge in [-0.05, 0) is 43.5 Å². The molecule has 0 radical (unpaired) electrons. The van der Waals surface area contributed by atoms with E-state index in [1.807, 2.05) is 26.0 Å². The van der Waals surface area contributed by atoms with E-state index in [9.17, 15) is 18.0 Å². The fourth-order valence-electron chi connectivity index (χ4n) is 3.77. The van der Waals surface area contributed by atoms with Gasteiger partial charge < -0.3 is 4.74 Å². The second-order valence-electron chi connectivity index (χ2n) is 7.53. The summed E-state index contributed by atoms with van der Waals surface area (Å²) in [5.74, 6) is -1.01. The number of esters is 1. The van der Waals surface area contributed by atoms with Crippen LogP contribution in [0.1, 0.15) is 39.6 Å². The van der Waals surface area contributed by atoms with Gasteiger partial charge in [0.1, 0.15) is 6.04 Å². The molecule has 1 atom stereocenters. The molecule has 0 amide bonds. The third-order valence-electron chi connectivity index (χ3n) is 5.27. The van der Waals surface area contributed by atoms with Gasteiger partial charge in [-0.2, -0.15) is 0 Å². The summed E-state index contributed by atoms with van der Waals surface area (Å²) in [5.41, 5.74) is 2.86. The average molecular weight is 443 g/mol. The van der Waals surface area contributed by atoms with Crippen molar-refractivity contribution in [3.05, 3.63) is 65.4 Å². The zero-order valence-electron chi connectivity index (χ0n) is 18.2. The quantitative estimate of drug-likeness (QED) is 0.540. The number of benzene rings is 2. The Morgan fingerprint density at radius 2 is 1.81 bits per heavy atom. The third kappa shape index (κ3) is 4.20. The van der Waals surface area contributed by atoms with E-state index < -0.39 is 27.9 Å². The van der Waals surface area contributed by atoms with E-state index in [0.29, 0.717) is 16.6 Å². The van der Waals surface area contributed by atoms with Crippen molar-refractivity contribution in [1.82, 2.24) is 4.57 Å². The minimum absolute atomic E-state index is 0.249. The van der Waals surface area contributed by atoms with Gasteiger partial charge in [0.15, 0.2) is 0 Å². The highest BCUT2D eigenvalue weighted by molar-refractivity contribution is 7.92. The summed E-state index contributed by atoms with van der Waals surface area (Å²) < 4.78 is 33.1. The molecule has 1 aromatic heterocycles. The van der Waals surface area contributed by atoms with Gasteiger partial charge in [-0.15, -0.1) is 0 Å². The van der Waals surface area contributed by atoms with Gasteiger partial charge in [-0.1, -0.05) is 37.3 Å². The van der Waals surface area contributed by atoms with Gasteiger partial charge in [-0.25, -0.2) is 13.2 Å². The van der Waals surface area contributed by atoms with Gasteiger partial charge in [-0.3, -0.25) is 13.7 Å². The van der Waals surface area contributed by atoms with Crippen LogP contribution in [-0.4, -0.2) is 44.3 Å². The molecule has 31 heavy (non-hydrogen) atoms. The number of aromatic nitrogens is 1. The lowest BCUT2D eigenvalue weighted by atomic mass is 10.1. The Morgan fingerprint density at radius 1 is 1.13 bits per heavy atom. The fourth-order valence-corrected chi connectivity index (χ4v) is 5.03. The zero-order valence-corrected chi connectivity index (χ0v) is 19.1. The molecule has 0 N–H and O–H groups in total. The lowest BCUT2D eigenvalue weighted by Crippen LogP contribution is -2.46. The molecule has 0 aliphatic carbocycles. The highest BCUT2D eigenvalue weighted by Crippen LogP contribution is 2.29. The second-order valence-corrected chi connectivity index (χ2v) is 9.39. The molecule has 164 valence electrons. The largest absolute Gasteiger partial charge is 0.465 e. The number of sulfonamides is 1. The number of ether oxygens (including phenoxy) is 1. The number of anilines is 1. The van der Waals surface area contributed by atoms with Gasteiger partial charge >= 0.3 is 5.97 Å². The van der Waals surface area contributed by atoms with Crippen molar-refractivity contribution >= 4 is 38.5 Å². The molecule has 3 rings (SSSR count). The van der Waals surface area contributed by atoms with E-state index in [1.165, 1.54) is 22.2 Å². The molecule has 0 aliphatic rings. The molecule has 0 saturated heterocycles. The number of hydrogen-bond acceptors (Lipinski definition) is 5. The predicted molar refractivity (Wildman–Crippen MR) is 121 cm³/mol. The second kappa shape index (κ2) is 8.55. The summed E-state index contributed by atoms with van der Waals surface area (Å²) in [7, 11) is -2.51. The first-order valence-electron chi connectivity index (χ1n) is 9.89. The van der Waals surface area contributed by atoms with Crippen LogP contribution in [0.25, 0.3) is 10.9 Å². The van der Waals surface area contributed by atoms with Crippen molar-refractivity contribution < 1.29 is 22.7 Å². The number of fused-ring (bicyclic) bond motifs is 1. The number of carbonyl (C=O) groups excluding carboxylic acids is 2. The average Bonchev–Trinajstić information content (AvgIpc) is 3.12. The molecule has 0 spiro atoms. The lowest BCUT2D eigenvalue weighted by molar-refractivity contribution is 0.0603. The van der Waals surface area contributed by atoms with E-state index in [1.54, 1.807) is 37.3 Å². The molecule has 0 saturated carbocycles. The summed E-state index contributed by atoms with van der Waals surface area (Å²) in [6.45, 7) is 5.44. The van der Waals surface area contributed by atoms with E-state index in [2.05, 4.69) is 0 Å². The number of para-hydroxylation sites is 1. The van der Waals surface area contributed by atoms with Crippen LogP contribution in [0.2, 0.25) is 0 Å². The number of carbonyl (C=O) groups is 2. The Hall–Kier alpha value is -3.13. The maximum Gasteiger partial charge on any atom is 0.340 e. The Bertz CT molecular complexity index is 1260. The number of hydrogen-bond donors (Lipinski definition) is 0. The van der Waals surface area contributed by atoms with Gasteiger partial charge in [0, 0.05) is 11.6 Å². The van der Waals surface area contributed by atoms with Crippen molar-refractivity contribution in [1.29, 1.82) is 0 Å². The van der Waals surface area contributed by atoms with Crippen molar-refractivity contribution in [3.8, 4) is 0 Å². The Balaban J connectivity index is 2.20. The monoisotopic (exact) mass is 442 g/mol. The smallest absolute Gasteiger partial charge is 0.340 e. The van der Waals surface area contributed by atoms with Crippen LogP contribution in [0.15, 0.2) is 48.7 Å². The minimum Gasteiger partial charge on any atom is -0.465 e. The summed E-state index contributed by atoms with van der Waals surface area (Å²) >= 11 is 0. The van der Waals surface area contributed by atoms with E-state index in [-0.39, 0.29) is 12.0 Å². The maximum absolute atomic E-state index is 13.7. The van der Waals surface area contributed by atoms with Crippen molar-refractivity contribution in [2.75, 3.05) is 17.7 Å². The van der Waals surface area contributed by atoms with E-state index in [0.717, 1.165) is 17.4 Å². The predicted octanol–water partition coefficient (Wildman–Crippen LogP) is 3.93. The summed E-state index contributed by atoms with van der Waals surface area (Å²) in [6, 6.07) is 11.5. The van der Waals surface area contributed by atoms with Gasteiger partial charge in [0.25, 0.3) is 5.91 Å². The van der Waals surface area contributed by atoms with E-state index in [4.69, 9.17) is 4.74 Å². The SMILES string of the molecule is CC[C@H](C(=O)n1cc(C(=O)OC)c2ccccc21)N(c1cc(C)ccc1C)S(C)(=O)=O. The summed E-state index contributed by atoms with van der Waals surface area (Å²) in [6.07, 6.45) is 2.77. The number of methoxy groups -OCH3 is 1. The Kier molecular flexibility index (Phi) is 6.22. The van der Waals surface area contributed by atoms with Crippen LogP contribution >= 0.6 is 0 Å². The Morgan fingerprint density at radius 3 is 2.42 bits per heavy atom. The molecular weight excluding hydrogens is 416 g/mol. The fraction of sp³-hybridized carbons (Fsp3) is 0.304. The number of rotatable bonds is 6. The standard InChI is InChI=1S/C23H26N2O5S/c1-6-19(25(31(5,28)29)21-13-15(2)11-12-16(21)3)22(26)24-14-18(23(27)30-4)17-9-7-8-10-20(17)24/h7-14,19H,6H2,1-5H3/t19-/m1/s1. The zero-order chi connectivity index (χ0) is 22.9. The molecule has 2 aromatic carbocycles. The van der Waals surface area contributed by atoms with Crippen molar-refractivity contribution in [2.45, 2.75) is 33.2 Å². The third-order valence-corrected chi connectivity index (χ3v) is 6.43. The van der Waals surface area contributed by atoms with E-state index >= 15 is 0 Å². The molecule has 0 bridgehead atoms. The number of aryl methyl sites for hydroxylation is 2. The molecule has 3 aromatic rings. The van der Waals surface area contributed by atoms with Crippen LogP contribution in [0, 0.1) is 13.8 Å². The molecule has 0 aliphatic heterocycles. The van der Waals surface area contributed by atoms with Crippen LogP contribution in [0.5, 0.6) is 0 Å². The Labute approximate surface area is 182 Å². The van der Waals surface area contributed by atoms with Crippen molar-refractivity contribution in [3.63, 3.8) is 0 Å². The molecule has 0 unspecified atom stereocenters. The van der Waals surface area contributed by atoms with Crippen LogP contribution < -0.4 is 4.31 Å². The first-order valence-corrected chi connectivity index (χ1v) is 11.7. The first-order chi connectivity index (χ1) is 14.6. The van der Waals surface area contributed by atoms with Gasteiger partial charge in [0.05, 0.1) is 30.1 Å². The molecule has 0 fully saturated rings. The minimum atomic E-state index is -3.78.